The van der Waals surface area contributed by atoms with E-state index in [1.165, 1.54) is 19.3 Å². The van der Waals surface area contributed by atoms with Crippen molar-refractivity contribution in [2.75, 3.05) is 17.2 Å². The van der Waals surface area contributed by atoms with Gasteiger partial charge in [0, 0.05) is 29.8 Å². The van der Waals surface area contributed by atoms with Gasteiger partial charge in [0.15, 0.2) is 11.6 Å². The number of aromatic nitrogens is 4. The van der Waals surface area contributed by atoms with Gasteiger partial charge >= 0.3 is 0 Å². The van der Waals surface area contributed by atoms with E-state index in [1.54, 1.807) is 29.0 Å². The van der Waals surface area contributed by atoms with Crippen LogP contribution >= 0.6 is 11.6 Å². The molecule has 0 spiro atoms. The number of H-pyrrole nitrogens is 1. The number of carbonyl (C=O) groups is 1. The maximum atomic E-state index is 14.9. The average Bonchev–Trinajstić information content (AvgIpc) is 3.43. The molecule has 150 valence electrons. The van der Waals surface area contributed by atoms with E-state index in [0.29, 0.717) is 46.5 Å². The molecule has 1 saturated carbocycles. The number of anilines is 2. The van der Waals surface area contributed by atoms with Crippen LogP contribution in [0.3, 0.4) is 0 Å². The molecule has 1 fully saturated rings. The topological polar surface area (TPSA) is 87.1 Å². The number of halogens is 2. The Bertz CT molecular complexity index is 1180. The van der Waals surface area contributed by atoms with Crippen molar-refractivity contribution < 1.29 is 9.18 Å². The summed E-state index contributed by atoms with van der Waals surface area (Å²) in [5, 5.41) is 17.3. The first-order valence-corrected chi connectivity index (χ1v) is 9.79. The lowest BCUT2D eigenvalue weighted by Crippen LogP contribution is -2.02. The number of amides is 1. The van der Waals surface area contributed by atoms with Gasteiger partial charge < -0.3 is 10.6 Å². The Hall–Kier alpha value is -3.13. The highest BCUT2D eigenvalue weighted by Gasteiger charge is 2.21. The Labute approximate surface area is 171 Å². The Kier molecular flexibility index (Phi) is 5.35. The molecule has 29 heavy (non-hydrogen) atoms. The molecule has 1 amide bonds. The van der Waals surface area contributed by atoms with Gasteiger partial charge in [-0.05, 0) is 24.6 Å². The molecule has 4 aromatic rings. The molecule has 1 aliphatic carbocycles. The number of rotatable bonds is 5. The summed E-state index contributed by atoms with van der Waals surface area (Å²) in [5.74, 6) is -0.109. The lowest BCUT2D eigenvalue weighted by molar-refractivity contribution is -0.105. The number of carbonyl (C=O) groups excluding carboxylic acids is 1. The van der Waals surface area contributed by atoms with Crippen LogP contribution in [0.2, 0.25) is 5.02 Å². The maximum Gasteiger partial charge on any atom is 0.212 e. The number of nitrogens with one attached hydrogen (secondary N) is 3. The maximum absolute atomic E-state index is 14.9. The molecular weight excluding hydrogens is 395 g/mol. The molecule has 0 unspecified atom stereocenters. The fourth-order valence-electron chi connectivity index (χ4n) is 3.02. The van der Waals surface area contributed by atoms with Crippen LogP contribution in [0.1, 0.15) is 26.2 Å². The quantitative estimate of drug-likeness (QED) is 0.408. The molecule has 3 aromatic heterocycles. The SMILES string of the molecule is C1CC1.CCNc1c(F)c(Cl)c(-c2ccn3nc(NC=O)cc3c2)c2cn[nH]c12. The lowest BCUT2D eigenvalue weighted by Gasteiger charge is -2.13. The molecule has 5 rings (SSSR count). The van der Waals surface area contributed by atoms with E-state index in [1.807, 2.05) is 13.0 Å². The number of fused-ring (bicyclic) bond motifs is 2. The number of hydrogen-bond donors (Lipinski definition) is 3. The molecule has 0 saturated heterocycles. The van der Waals surface area contributed by atoms with Gasteiger partial charge in [0.25, 0.3) is 0 Å². The number of aromatic amines is 1. The first-order chi connectivity index (χ1) is 14.1. The molecule has 0 aliphatic heterocycles. The minimum Gasteiger partial charge on any atom is -0.381 e. The van der Waals surface area contributed by atoms with Gasteiger partial charge in [-0.3, -0.25) is 9.89 Å². The van der Waals surface area contributed by atoms with Crippen molar-refractivity contribution in [1.29, 1.82) is 0 Å². The highest BCUT2D eigenvalue weighted by atomic mass is 35.5. The lowest BCUT2D eigenvalue weighted by atomic mass is 10.0. The molecule has 1 aliphatic rings. The Morgan fingerprint density at radius 1 is 1.34 bits per heavy atom. The number of hydrogen-bond acceptors (Lipinski definition) is 4. The summed E-state index contributed by atoms with van der Waals surface area (Å²) in [6, 6.07) is 5.31. The minimum absolute atomic E-state index is 0.0185. The van der Waals surface area contributed by atoms with Crippen LogP contribution in [0.15, 0.2) is 30.6 Å². The molecule has 3 heterocycles. The van der Waals surface area contributed by atoms with Crippen LogP contribution in [0, 0.1) is 5.82 Å². The first-order valence-electron chi connectivity index (χ1n) is 9.42. The van der Waals surface area contributed by atoms with Gasteiger partial charge in [-0.2, -0.15) is 10.2 Å². The molecule has 7 nitrogen and oxygen atoms in total. The summed E-state index contributed by atoms with van der Waals surface area (Å²) in [4.78, 5) is 10.6. The fourth-order valence-corrected chi connectivity index (χ4v) is 3.32. The van der Waals surface area contributed by atoms with E-state index in [2.05, 4.69) is 25.9 Å². The van der Waals surface area contributed by atoms with Crippen molar-refractivity contribution >= 4 is 45.9 Å². The predicted molar refractivity (Wildman–Crippen MR) is 113 cm³/mol. The van der Waals surface area contributed by atoms with Crippen molar-refractivity contribution in [1.82, 2.24) is 19.8 Å². The average molecular weight is 415 g/mol. The van der Waals surface area contributed by atoms with Crippen LogP contribution in [-0.4, -0.2) is 32.8 Å². The first kappa shape index (κ1) is 19.2. The van der Waals surface area contributed by atoms with Crippen molar-refractivity contribution in [2.24, 2.45) is 0 Å². The van der Waals surface area contributed by atoms with E-state index in [4.69, 9.17) is 11.6 Å². The van der Waals surface area contributed by atoms with Crippen LogP contribution in [0.4, 0.5) is 15.9 Å². The predicted octanol–water partition coefficient (Wildman–Crippen LogP) is 4.84. The third kappa shape index (κ3) is 3.75. The normalized spacial score (nSPS) is 12.5. The fraction of sp³-hybridized carbons (Fsp3) is 0.250. The Morgan fingerprint density at radius 2 is 2.14 bits per heavy atom. The number of benzene rings is 1. The van der Waals surface area contributed by atoms with E-state index in [-0.39, 0.29) is 5.02 Å². The van der Waals surface area contributed by atoms with E-state index in [9.17, 15) is 9.18 Å². The molecule has 9 heteroatoms. The molecule has 0 atom stereocenters. The standard InChI is InChI=1S/C17H14ClFN6O.C3H6/c1-2-20-17-15(19)14(18)13(11-7-22-23-16(11)17)9-3-4-25-10(5-9)6-12(24-25)21-8-26;1-2-3-1/h3-8,20H,2H2,1H3,(H,22,23)(H,21,24,26);1-3H2. The number of nitrogens with zero attached hydrogens (tertiary/aromatic N) is 3. The van der Waals surface area contributed by atoms with Crippen LogP contribution in [0.5, 0.6) is 0 Å². The summed E-state index contributed by atoms with van der Waals surface area (Å²) < 4.78 is 16.5. The van der Waals surface area contributed by atoms with Crippen LogP contribution in [0.25, 0.3) is 27.5 Å². The molecule has 0 bridgehead atoms. The summed E-state index contributed by atoms with van der Waals surface area (Å²) in [7, 11) is 0. The second-order valence-electron chi connectivity index (χ2n) is 6.70. The third-order valence-corrected chi connectivity index (χ3v) is 4.81. The van der Waals surface area contributed by atoms with Gasteiger partial charge in [-0.15, -0.1) is 0 Å². The molecule has 1 aromatic carbocycles. The van der Waals surface area contributed by atoms with E-state index in [0.717, 1.165) is 5.52 Å². The van der Waals surface area contributed by atoms with E-state index >= 15 is 0 Å². The van der Waals surface area contributed by atoms with Gasteiger partial charge in [-0.1, -0.05) is 30.9 Å². The zero-order chi connectivity index (χ0) is 20.4. The smallest absolute Gasteiger partial charge is 0.212 e. The summed E-state index contributed by atoms with van der Waals surface area (Å²) in [6.07, 6.45) is 8.40. The zero-order valence-electron chi connectivity index (χ0n) is 15.8. The second kappa shape index (κ2) is 8.08. The molecule has 0 radical (unpaired) electrons. The summed E-state index contributed by atoms with van der Waals surface area (Å²) in [6.45, 7) is 2.43. The Balaban J connectivity index is 0.000000626. The van der Waals surface area contributed by atoms with Gasteiger partial charge in [0.1, 0.15) is 0 Å². The van der Waals surface area contributed by atoms with Crippen molar-refractivity contribution in [3.05, 3.63) is 41.4 Å². The van der Waals surface area contributed by atoms with Crippen molar-refractivity contribution in [2.45, 2.75) is 26.2 Å². The summed E-state index contributed by atoms with van der Waals surface area (Å²) in [5.41, 5.74) is 2.85. The number of pyridine rings is 1. The van der Waals surface area contributed by atoms with Gasteiger partial charge in [0.05, 0.1) is 27.9 Å². The van der Waals surface area contributed by atoms with Crippen LogP contribution in [-0.2, 0) is 4.79 Å². The monoisotopic (exact) mass is 414 g/mol. The highest BCUT2D eigenvalue weighted by molar-refractivity contribution is 6.36. The van der Waals surface area contributed by atoms with Gasteiger partial charge in [0.2, 0.25) is 6.41 Å². The highest BCUT2D eigenvalue weighted by Crippen LogP contribution is 2.41. The minimum atomic E-state index is -0.531. The molecular formula is C20H20ClFN6O. The van der Waals surface area contributed by atoms with Crippen molar-refractivity contribution in [3.63, 3.8) is 0 Å². The van der Waals surface area contributed by atoms with E-state index < -0.39 is 5.82 Å². The zero-order valence-corrected chi connectivity index (χ0v) is 16.6. The van der Waals surface area contributed by atoms with Crippen LogP contribution < -0.4 is 10.6 Å². The summed E-state index contributed by atoms with van der Waals surface area (Å²) >= 11 is 6.37. The molecule has 3 N–H and O–H groups in total. The van der Waals surface area contributed by atoms with Crippen molar-refractivity contribution in [3.8, 4) is 11.1 Å². The largest absolute Gasteiger partial charge is 0.381 e. The third-order valence-electron chi connectivity index (χ3n) is 4.46. The second-order valence-corrected chi connectivity index (χ2v) is 7.08. The Morgan fingerprint density at radius 3 is 2.83 bits per heavy atom. The van der Waals surface area contributed by atoms with Gasteiger partial charge in [-0.25, -0.2) is 8.91 Å².